The fraction of sp³-hybridized carbons (Fsp3) is 0.471. The fourth-order valence-electron chi connectivity index (χ4n) is 5.35. The minimum absolute atomic E-state index is 0.512. The molecule has 0 fully saturated rings. The van der Waals surface area contributed by atoms with Gasteiger partial charge in [-0.25, -0.2) is 0 Å². The highest BCUT2D eigenvalue weighted by Gasteiger charge is 2.32. The van der Waals surface area contributed by atoms with E-state index >= 15 is 4.57 Å². The predicted octanol–water partition coefficient (Wildman–Crippen LogP) is 9.28. The number of ether oxygens (including phenoxy) is 2. The molecule has 0 aliphatic heterocycles. The molecule has 0 aliphatic rings. The first-order valence-corrected chi connectivity index (χ1v) is 16.3. The summed E-state index contributed by atoms with van der Waals surface area (Å²) >= 11 is 0. The van der Waals surface area contributed by atoms with Gasteiger partial charge in [0, 0.05) is 18.4 Å². The Balaban J connectivity index is 2.17. The first-order chi connectivity index (χ1) is 18.1. The van der Waals surface area contributed by atoms with Crippen LogP contribution < -0.4 is 14.8 Å². The van der Waals surface area contributed by atoms with Crippen molar-refractivity contribution in [1.82, 2.24) is 0 Å². The van der Waals surface area contributed by atoms with Crippen molar-refractivity contribution in [2.45, 2.75) is 93.4 Å². The van der Waals surface area contributed by atoms with Crippen molar-refractivity contribution in [3.8, 4) is 11.5 Å². The van der Waals surface area contributed by atoms with Crippen LogP contribution in [-0.2, 0) is 16.9 Å². The van der Waals surface area contributed by atoms with Crippen molar-refractivity contribution < 1.29 is 14.0 Å². The molecule has 0 heterocycles. The van der Waals surface area contributed by atoms with E-state index in [4.69, 9.17) is 9.47 Å². The summed E-state index contributed by atoms with van der Waals surface area (Å²) in [6.45, 7) is 18.4. The first-order valence-electron chi connectivity index (χ1n) is 14.2. The van der Waals surface area contributed by atoms with Crippen molar-refractivity contribution in [3.63, 3.8) is 0 Å². The second kappa shape index (κ2) is 13.5. The van der Waals surface area contributed by atoms with Gasteiger partial charge in [0.05, 0.1) is 18.5 Å². The minimum Gasteiger partial charge on any atom is -0.493 e. The molecule has 3 rings (SSSR count). The van der Waals surface area contributed by atoms with Crippen molar-refractivity contribution in [2.75, 3.05) is 13.2 Å². The number of rotatable bonds is 13. The highest BCUT2D eigenvalue weighted by atomic mass is 31.2. The maximum atomic E-state index is 15.4. The second-order valence-corrected chi connectivity index (χ2v) is 13.9. The molecule has 3 aromatic carbocycles. The van der Waals surface area contributed by atoms with E-state index in [-0.39, 0.29) is 0 Å². The lowest BCUT2D eigenvalue weighted by Gasteiger charge is -2.26. The molecule has 0 atom stereocenters. The van der Waals surface area contributed by atoms with Crippen LogP contribution in [0, 0.1) is 41.5 Å². The van der Waals surface area contributed by atoms with E-state index in [1.54, 1.807) is 0 Å². The average molecular weight is 535 g/mol. The number of hydrogen-bond acceptors (Lipinski definition) is 3. The summed E-state index contributed by atoms with van der Waals surface area (Å²) in [4.78, 5) is 0. The van der Waals surface area contributed by atoms with Crippen LogP contribution in [0.1, 0.15) is 84.0 Å². The summed E-state index contributed by atoms with van der Waals surface area (Å²) in [5.41, 5.74) is 9.65. The molecule has 0 bridgehead atoms. The van der Waals surface area contributed by atoms with Gasteiger partial charge in [-0.3, -0.25) is 0 Å². The molecule has 3 nitrogen and oxygen atoms in total. The van der Waals surface area contributed by atoms with E-state index in [9.17, 15) is 0 Å². The Kier molecular flexibility index (Phi) is 10.7. The maximum absolute atomic E-state index is 15.4. The normalized spacial score (nSPS) is 11.6. The van der Waals surface area contributed by atoms with Crippen LogP contribution in [0.3, 0.4) is 0 Å². The maximum Gasteiger partial charge on any atom is 0.133 e. The van der Waals surface area contributed by atoms with Crippen molar-refractivity contribution >= 4 is 12.4 Å². The summed E-state index contributed by atoms with van der Waals surface area (Å²) < 4.78 is 27.8. The Morgan fingerprint density at radius 3 is 1.53 bits per heavy atom. The van der Waals surface area contributed by atoms with Gasteiger partial charge in [-0.05, 0) is 99.9 Å². The lowest BCUT2D eigenvalue weighted by Crippen LogP contribution is -2.16. The van der Waals surface area contributed by atoms with E-state index in [0.29, 0.717) is 31.3 Å². The van der Waals surface area contributed by atoms with Gasteiger partial charge >= 0.3 is 0 Å². The molecule has 0 N–H and O–H groups in total. The van der Waals surface area contributed by atoms with Crippen molar-refractivity contribution in [1.29, 1.82) is 0 Å². The van der Waals surface area contributed by atoms with E-state index in [1.165, 1.54) is 44.5 Å². The van der Waals surface area contributed by atoms with Crippen LogP contribution >= 0.6 is 7.14 Å². The quantitative estimate of drug-likeness (QED) is 0.162. The molecule has 0 aromatic heterocycles. The third-order valence-electron chi connectivity index (χ3n) is 7.40. The van der Waals surface area contributed by atoms with E-state index < -0.39 is 7.14 Å². The van der Waals surface area contributed by atoms with Crippen molar-refractivity contribution in [3.05, 3.63) is 87.0 Å². The Morgan fingerprint density at radius 2 is 1.08 bits per heavy atom. The highest BCUT2D eigenvalue weighted by Crippen LogP contribution is 2.55. The number of hydrogen-bond donors (Lipinski definition) is 0. The Labute approximate surface area is 231 Å². The molecule has 0 saturated carbocycles. The number of unbranched alkanes of at least 4 members (excludes halogenated alkanes) is 2. The lowest BCUT2D eigenvalue weighted by atomic mass is 10.0. The molecular formula is C34H47O3P. The third-order valence-corrected chi connectivity index (χ3v) is 10.3. The molecule has 0 amide bonds. The molecule has 0 spiro atoms. The predicted molar refractivity (Wildman–Crippen MR) is 163 cm³/mol. The zero-order valence-corrected chi connectivity index (χ0v) is 25.8. The van der Waals surface area contributed by atoms with E-state index in [0.717, 1.165) is 36.7 Å². The Hall–Kier alpha value is -2.51. The van der Waals surface area contributed by atoms with Gasteiger partial charge in [0.25, 0.3) is 0 Å². The SMILES string of the molecule is CCCCOc1ccc(P(=O)(Cc2c(C)cc(C)cc2C)Cc2c(C)cc(C)cc2C)c(OCCCC)c1. The molecule has 0 aliphatic carbocycles. The Morgan fingerprint density at radius 1 is 0.632 bits per heavy atom. The third kappa shape index (κ3) is 7.54. The van der Waals surface area contributed by atoms with Crippen LogP contribution in [-0.4, -0.2) is 13.2 Å². The van der Waals surface area contributed by atoms with Crippen LogP contribution in [0.4, 0.5) is 0 Å². The summed E-state index contributed by atoms with van der Waals surface area (Å²) in [5, 5.41) is 0.829. The summed E-state index contributed by atoms with van der Waals surface area (Å²) in [6, 6.07) is 14.8. The Bertz CT molecular complexity index is 1180. The first kappa shape index (κ1) is 30.0. The molecular weight excluding hydrogens is 487 g/mol. The molecule has 0 unspecified atom stereocenters. The minimum atomic E-state index is -2.97. The summed E-state index contributed by atoms with van der Waals surface area (Å²) in [7, 11) is -2.97. The van der Waals surface area contributed by atoms with Crippen LogP contribution in [0.15, 0.2) is 42.5 Å². The van der Waals surface area contributed by atoms with E-state index in [2.05, 4.69) is 79.7 Å². The number of benzene rings is 3. The van der Waals surface area contributed by atoms with Gasteiger partial charge in [-0.15, -0.1) is 0 Å². The standard InChI is InChI=1S/C34H47O3P/c1-9-11-15-36-30-13-14-34(33(21-30)37-16-12-10-2)38(35,22-31-26(5)17-24(3)18-27(31)6)23-32-28(7)19-25(4)20-29(32)8/h13-14,17-21H,9-12,15-16,22-23H2,1-8H3. The summed E-state index contributed by atoms with van der Waals surface area (Å²) in [5.74, 6) is 1.49. The zero-order valence-electron chi connectivity index (χ0n) is 24.9. The highest BCUT2D eigenvalue weighted by molar-refractivity contribution is 7.70. The molecule has 38 heavy (non-hydrogen) atoms. The van der Waals surface area contributed by atoms with Gasteiger partial charge in [-0.1, -0.05) is 62.1 Å². The zero-order chi connectivity index (χ0) is 27.9. The van der Waals surface area contributed by atoms with E-state index in [1.807, 2.05) is 18.2 Å². The van der Waals surface area contributed by atoms with Gasteiger partial charge in [-0.2, -0.15) is 0 Å². The van der Waals surface area contributed by atoms with Gasteiger partial charge in [0.1, 0.15) is 18.6 Å². The molecule has 0 radical (unpaired) electrons. The van der Waals surface area contributed by atoms with Crippen LogP contribution in [0.2, 0.25) is 0 Å². The average Bonchev–Trinajstić information content (AvgIpc) is 2.84. The monoisotopic (exact) mass is 534 g/mol. The largest absolute Gasteiger partial charge is 0.493 e. The lowest BCUT2D eigenvalue weighted by molar-refractivity contribution is 0.295. The number of aryl methyl sites for hydroxylation is 6. The van der Waals surface area contributed by atoms with Gasteiger partial charge in [0.15, 0.2) is 0 Å². The van der Waals surface area contributed by atoms with Crippen LogP contribution in [0.5, 0.6) is 11.5 Å². The fourth-order valence-corrected chi connectivity index (χ4v) is 8.70. The molecule has 4 heteroatoms. The smallest absolute Gasteiger partial charge is 0.133 e. The molecule has 206 valence electrons. The molecule has 0 saturated heterocycles. The van der Waals surface area contributed by atoms with Crippen molar-refractivity contribution in [2.24, 2.45) is 0 Å². The van der Waals surface area contributed by atoms with Crippen LogP contribution in [0.25, 0.3) is 0 Å². The molecule has 3 aromatic rings. The topological polar surface area (TPSA) is 35.5 Å². The second-order valence-electron chi connectivity index (χ2n) is 11.0. The van der Waals surface area contributed by atoms with Gasteiger partial charge in [0.2, 0.25) is 0 Å². The summed E-state index contributed by atoms with van der Waals surface area (Å²) in [6.07, 6.45) is 5.11. The van der Waals surface area contributed by atoms with Gasteiger partial charge < -0.3 is 14.0 Å².